The van der Waals surface area contributed by atoms with Gasteiger partial charge >= 0.3 is 0 Å². The Bertz CT molecular complexity index is 379. The highest BCUT2D eigenvalue weighted by molar-refractivity contribution is 5.20. The van der Waals surface area contributed by atoms with Gasteiger partial charge in [0, 0.05) is 51.5 Å². The zero-order chi connectivity index (χ0) is 13.1. The topological polar surface area (TPSA) is 50.3 Å². The van der Waals surface area contributed by atoms with Crippen LogP contribution in [0.3, 0.4) is 0 Å². The zero-order valence-corrected chi connectivity index (χ0v) is 11.8. The molecule has 0 spiro atoms. The van der Waals surface area contributed by atoms with Crippen molar-refractivity contribution in [2.75, 3.05) is 39.3 Å². The van der Waals surface area contributed by atoms with Gasteiger partial charge in [0.15, 0.2) is 0 Å². The van der Waals surface area contributed by atoms with Crippen molar-refractivity contribution >= 4 is 0 Å². The van der Waals surface area contributed by atoms with Crippen LogP contribution in [0.25, 0.3) is 0 Å². The SMILES string of the molecule is CCN1CCN(C(CN)c2cn(C)nc2C)CC1. The van der Waals surface area contributed by atoms with Crippen molar-refractivity contribution in [1.29, 1.82) is 0 Å². The fourth-order valence-corrected chi connectivity index (χ4v) is 2.81. The van der Waals surface area contributed by atoms with Crippen LogP contribution in [0.4, 0.5) is 0 Å². The first-order valence-corrected chi connectivity index (χ1v) is 6.82. The van der Waals surface area contributed by atoms with E-state index in [1.165, 1.54) is 5.56 Å². The monoisotopic (exact) mass is 251 g/mol. The molecule has 0 amide bonds. The van der Waals surface area contributed by atoms with Gasteiger partial charge in [-0.15, -0.1) is 0 Å². The molecule has 0 aromatic carbocycles. The number of rotatable bonds is 4. The summed E-state index contributed by atoms with van der Waals surface area (Å²) in [5, 5.41) is 4.43. The third kappa shape index (κ3) is 2.74. The Hall–Kier alpha value is -0.910. The molecule has 1 unspecified atom stereocenters. The first kappa shape index (κ1) is 13.5. The lowest BCUT2D eigenvalue weighted by Crippen LogP contribution is -2.48. The summed E-state index contributed by atoms with van der Waals surface area (Å²) in [4.78, 5) is 4.98. The molecule has 2 rings (SSSR count). The van der Waals surface area contributed by atoms with E-state index >= 15 is 0 Å². The quantitative estimate of drug-likeness (QED) is 0.840. The average molecular weight is 251 g/mol. The van der Waals surface area contributed by atoms with Crippen molar-refractivity contribution in [3.63, 3.8) is 0 Å². The molecular weight excluding hydrogens is 226 g/mol. The van der Waals surface area contributed by atoms with Gasteiger partial charge < -0.3 is 10.6 Å². The zero-order valence-electron chi connectivity index (χ0n) is 11.8. The Morgan fingerprint density at radius 1 is 1.33 bits per heavy atom. The van der Waals surface area contributed by atoms with E-state index in [0.29, 0.717) is 12.6 Å². The van der Waals surface area contributed by atoms with Crippen molar-refractivity contribution in [2.45, 2.75) is 19.9 Å². The third-order valence-corrected chi connectivity index (χ3v) is 3.93. The van der Waals surface area contributed by atoms with Crippen LogP contribution in [-0.4, -0.2) is 58.8 Å². The summed E-state index contributed by atoms with van der Waals surface area (Å²) in [5.74, 6) is 0. The molecule has 2 N–H and O–H groups in total. The van der Waals surface area contributed by atoms with E-state index in [4.69, 9.17) is 5.73 Å². The lowest BCUT2D eigenvalue weighted by molar-refractivity contribution is 0.102. The second kappa shape index (κ2) is 5.82. The minimum absolute atomic E-state index is 0.317. The molecule has 0 radical (unpaired) electrons. The Kier molecular flexibility index (Phi) is 4.37. The lowest BCUT2D eigenvalue weighted by atomic mass is 10.1. The largest absolute Gasteiger partial charge is 0.329 e. The lowest BCUT2D eigenvalue weighted by Gasteiger charge is -2.38. The van der Waals surface area contributed by atoms with Gasteiger partial charge in [0.2, 0.25) is 0 Å². The van der Waals surface area contributed by atoms with Crippen molar-refractivity contribution < 1.29 is 0 Å². The molecule has 1 saturated heterocycles. The molecule has 5 heteroatoms. The molecule has 1 aromatic rings. The number of aromatic nitrogens is 2. The average Bonchev–Trinajstić information content (AvgIpc) is 2.70. The maximum Gasteiger partial charge on any atom is 0.0641 e. The summed E-state index contributed by atoms with van der Waals surface area (Å²) >= 11 is 0. The highest BCUT2D eigenvalue weighted by atomic mass is 15.3. The smallest absolute Gasteiger partial charge is 0.0641 e. The van der Waals surface area contributed by atoms with E-state index in [1.807, 2.05) is 11.7 Å². The van der Waals surface area contributed by atoms with E-state index in [2.05, 4.69) is 34.9 Å². The minimum Gasteiger partial charge on any atom is -0.329 e. The molecule has 2 heterocycles. The number of hydrogen-bond acceptors (Lipinski definition) is 4. The third-order valence-electron chi connectivity index (χ3n) is 3.93. The molecule has 0 saturated carbocycles. The number of hydrogen-bond donors (Lipinski definition) is 1. The number of likely N-dealkylation sites (N-methyl/N-ethyl adjacent to an activating group) is 1. The summed E-state index contributed by atoms with van der Waals surface area (Å²) < 4.78 is 1.88. The fraction of sp³-hybridized carbons (Fsp3) is 0.769. The molecule has 5 nitrogen and oxygen atoms in total. The second-order valence-corrected chi connectivity index (χ2v) is 5.07. The van der Waals surface area contributed by atoms with Crippen LogP contribution >= 0.6 is 0 Å². The minimum atomic E-state index is 0.317. The van der Waals surface area contributed by atoms with E-state index in [-0.39, 0.29) is 0 Å². The predicted molar refractivity (Wildman–Crippen MR) is 73.4 cm³/mol. The summed E-state index contributed by atoms with van der Waals surface area (Å²) in [6.07, 6.45) is 2.11. The Morgan fingerprint density at radius 2 is 2.00 bits per heavy atom. The normalized spacial score (nSPS) is 20.2. The molecule has 18 heavy (non-hydrogen) atoms. The standard InChI is InChI=1S/C13H25N5/c1-4-17-5-7-18(8-6-17)13(9-14)12-10-16(3)15-11(12)2/h10,13H,4-9,14H2,1-3H3. The van der Waals surface area contributed by atoms with Crippen molar-refractivity contribution in [3.05, 3.63) is 17.5 Å². The number of nitrogens with two attached hydrogens (primary N) is 1. The Balaban J connectivity index is 2.08. The van der Waals surface area contributed by atoms with Crippen LogP contribution in [0.5, 0.6) is 0 Å². The molecule has 0 bridgehead atoms. The molecule has 1 aliphatic heterocycles. The van der Waals surface area contributed by atoms with Crippen LogP contribution in [0.15, 0.2) is 6.20 Å². The van der Waals surface area contributed by atoms with Crippen LogP contribution in [0.1, 0.15) is 24.2 Å². The number of piperazine rings is 1. The van der Waals surface area contributed by atoms with E-state index < -0.39 is 0 Å². The Labute approximate surface area is 110 Å². The first-order valence-electron chi connectivity index (χ1n) is 6.82. The summed E-state index contributed by atoms with van der Waals surface area (Å²) in [7, 11) is 1.97. The van der Waals surface area contributed by atoms with Gasteiger partial charge in [-0.2, -0.15) is 5.10 Å². The van der Waals surface area contributed by atoms with Gasteiger partial charge in [-0.05, 0) is 13.5 Å². The van der Waals surface area contributed by atoms with E-state index in [1.54, 1.807) is 0 Å². The van der Waals surface area contributed by atoms with Gasteiger partial charge in [0.05, 0.1) is 11.7 Å². The van der Waals surface area contributed by atoms with Crippen LogP contribution in [-0.2, 0) is 7.05 Å². The molecule has 1 fully saturated rings. The molecular formula is C13H25N5. The number of nitrogens with zero attached hydrogens (tertiary/aromatic N) is 4. The van der Waals surface area contributed by atoms with Gasteiger partial charge in [-0.3, -0.25) is 9.58 Å². The maximum absolute atomic E-state index is 5.99. The first-order chi connectivity index (χ1) is 8.65. The van der Waals surface area contributed by atoms with Gasteiger partial charge in [-0.25, -0.2) is 0 Å². The van der Waals surface area contributed by atoms with E-state index in [9.17, 15) is 0 Å². The highest BCUT2D eigenvalue weighted by Gasteiger charge is 2.25. The second-order valence-electron chi connectivity index (χ2n) is 5.07. The van der Waals surface area contributed by atoms with Crippen molar-refractivity contribution in [3.8, 4) is 0 Å². The van der Waals surface area contributed by atoms with Gasteiger partial charge in [0.1, 0.15) is 0 Å². The van der Waals surface area contributed by atoms with Crippen molar-refractivity contribution in [1.82, 2.24) is 19.6 Å². The maximum atomic E-state index is 5.99. The summed E-state index contributed by atoms with van der Waals surface area (Å²) in [6, 6.07) is 0.317. The molecule has 1 atom stereocenters. The van der Waals surface area contributed by atoms with Gasteiger partial charge in [-0.1, -0.05) is 6.92 Å². The fourth-order valence-electron chi connectivity index (χ4n) is 2.81. The highest BCUT2D eigenvalue weighted by Crippen LogP contribution is 2.23. The predicted octanol–water partition coefficient (Wildman–Crippen LogP) is 0.366. The molecule has 102 valence electrons. The summed E-state index contributed by atoms with van der Waals surface area (Å²) in [6.45, 7) is 10.6. The summed E-state index contributed by atoms with van der Waals surface area (Å²) in [5.41, 5.74) is 8.37. The number of aryl methyl sites for hydroxylation is 2. The van der Waals surface area contributed by atoms with Crippen LogP contribution in [0, 0.1) is 6.92 Å². The molecule has 1 aromatic heterocycles. The molecule has 0 aliphatic carbocycles. The van der Waals surface area contributed by atoms with Crippen LogP contribution in [0.2, 0.25) is 0 Å². The Morgan fingerprint density at radius 3 is 2.44 bits per heavy atom. The van der Waals surface area contributed by atoms with E-state index in [0.717, 1.165) is 38.4 Å². The van der Waals surface area contributed by atoms with Crippen molar-refractivity contribution in [2.24, 2.45) is 12.8 Å². The van der Waals surface area contributed by atoms with Crippen LogP contribution < -0.4 is 5.73 Å². The van der Waals surface area contributed by atoms with Gasteiger partial charge in [0.25, 0.3) is 0 Å². The molecule has 1 aliphatic rings.